The van der Waals surface area contributed by atoms with Gasteiger partial charge in [0.1, 0.15) is 9.84 Å². The molecular weight excluding hydrogens is 186 g/mol. The quantitative estimate of drug-likeness (QED) is 0.680. The van der Waals surface area contributed by atoms with Gasteiger partial charge in [0.2, 0.25) is 0 Å². The minimum Gasteiger partial charge on any atom is -0.300 e. The monoisotopic (exact) mass is 205 g/mol. The van der Waals surface area contributed by atoms with Crippen LogP contribution in [0.3, 0.4) is 0 Å². The summed E-state index contributed by atoms with van der Waals surface area (Å²) in [5, 5.41) is 0. The van der Waals surface area contributed by atoms with Crippen LogP contribution in [0.1, 0.15) is 20.8 Å². The smallest absolute Gasteiger partial charge is 0.150 e. The summed E-state index contributed by atoms with van der Waals surface area (Å²) in [6.45, 7) is 7.91. The van der Waals surface area contributed by atoms with Crippen LogP contribution in [-0.2, 0) is 9.84 Å². The second-order valence-electron chi connectivity index (χ2n) is 4.11. The fourth-order valence-corrected chi connectivity index (χ4v) is 2.78. The van der Waals surface area contributed by atoms with Crippen molar-refractivity contribution < 1.29 is 8.42 Å². The molecule has 0 N–H and O–H groups in total. The molecule has 0 radical (unpaired) electrons. The van der Waals surface area contributed by atoms with E-state index in [1.165, 1.54) is 0 Å². The van der Waals surface area contributed by atoms with Gasteiger partial charge >= 0.3 is 0 Å². The second-order valence-corrected chi connectivity index (χ2v) is 6.51. The van der Waals surface area contributed by atoms with Crippen molar-refractivity contribution in [1.82, 2.24) is 4.90 Å². The fourth-order valence-electron chi connectivity index (χ4n) is 1.61. The Hall–Kier alpha value is -0.0900. The van der Waals surface area contributed by atoms with Gasteiger partial charge in [0, 0.05) is 24.9 Å². The summed E-state index contributed by atoms with van der Waals surface area (Å²) in [6.07, 6.45) is 0. The van der Waals surface area contributed by atoms with Gasteiger partial charge in [-0.2, -0.15) is 0 Å². The zero-order chi connectivity index (χ0) is 10.1. The van der Waals surface area contributed by atoms with Gasteiger partial charge in [-0.25, -0.2) is 8.42 Å². The Bertz CT molecular complexity index is 253. The summed E-state index contributed by atoms with van der Waals surface area (Å²) in [7, 11) is -2.76. The van der Waals surface area contributed by atoms with Crippen molar-refractivity contribution in [2.75, 3.05) is 24.6 Å². The lowest BCUT2D eigenvalue weighted by molar-refractivity contribution is 0.0803. The van der Waals surface area contributed by atoms with Gasteiger partial charge in [0.05, 0.1) is 5.75 Å². The SMILES string of the molecule is CCS(=O)(=O)CC1CN(C(C)C)C1. The van der Waals surface area contributed by atoms with Gasteiger partial charge in [-0.1, -0.05) is 6.92 Å². The minimum atomic E-state index is -2.76. The summed E-state index contributed by atoms with van der Waals surface area (Å²) in [6, 6.07) is 0.556. The lowest BCUT2D eigenvalue weighted by Gasteiger charge is -2.41. The topological polar surface area (TPSA) is 37.4 Å². The van der Waals surface area contributed by atoms with Crippen LogP contribution >= 0.6 is 0 Å². The molecule has 1 heterocycles. The lowest BCUT2D eigenvalue weighted by atomic mass is 10.0. The van der Waals surface area contributed by atoms with Gasteiger partial charge in [0.15, 0.2) is 0 Å². The number of nitrogens with zero attached hydrogens (tertiary/aromatic N) is 1. The number of rotatable bonds is 4. The molecule has 1 saturated heterocycles. The molecule has 0 saturated carbocycles. The first kappa shape index (κ1) is 11.0. The van der Waals surface area contributed by atoms with Crippen molar-refractivity contribution in [2.24, 2.45) is 5.92 Å². The van der Waals surface area contributed by atoms with Crippen molar-refractivity contribution in [3.8, 4) is 0 Å². The average molecular weight is 205 g/mol. The molecule has 0 unspecified atom stereocenters. The molecule has 0 aromatic carbocycles. The van der Waals surface area contributed by atoms with E-state index in [4.69, 9.17) is 0 Å². The molecule has 0 aromatic heterocycles. The van der Waals surface area contributed by atoms with Crippen LogP contribution in [0.2, 0.25) is 0 Å². The average Bonchev–Trinajstić information content (AvgIpc) is 1.95. The first-order valence-corrected chi connectivity index (χ1v) is 6.71. The van der Waals surface area contributed by atoms with Crippen LogP contribution in [0.5, 0.6) is 0 Å². The first-order valence-electron chi connectivity index (χ1n) is 4.89. The highest BCUT2D eigenvalue weighted by Crippen LogP contribution is 2.19. The van der Waals surface area contributed by atoms with Crippen LogP contribution in [0, 0.1) is 5.92 Å². The molecule has 78 valence electrons. The molecule has 0 spiro atoms. The fraction of sp³-hybridized carbons (Fsp3) is 1.00. The highest BCUT2D eigenvalue weighted by molar-refractivity contribution is 7.91. The largest absolute Gasteiger partial charge is 0.300 e. The van der Waals surface area contributed by atoms with Crippen molar-refractivity contribution in [3.63, 3.8) is 0 Å². The van der Waals surface area contributed by atoms with Crippen molar-refractivity contribution >= 4 is 9.84 Å². The van der Waals surface area contributed by atoms with E-state index in [2.05, 4.69) is 18.7 Å². The normalized spacial score (nSPS) is 20.6. The number of hydrogen-bond acceptors (Lipinski definition) is 3. The van der Waals surface area contributed by atoms with Gasteiger partial charge < -0.3 is 4.90 Å². The van der Waals surface area contributed by atoms with Crippen LogP contribution < -0.4 is 0 Å². The molecule has 1 aliphatic rings. The number of hydrogen-bond donors (Lipinski definition) is 0. The summed E-state index contributed by atoms with van der Waals surface area (Å²) < 4.78 is 22.5. The molecule has 13 heavy (non-hydrogen) atoms. The molecule has 0 atom stereocenters. The maximum Gasteiger partial charge on any atom is 0.150 e. The van der Waals surface area contributed by atoms with Crippen LogP contribution in [0.25, 0.3) is 0 Å². The lowest BCUT2D eigenvalue weighted by Crippen LogP contribution is -2.52. The third-order valence-corrected chi connectivity index (χ3v) is 4.50. The molecular formula is C9H19NO2S. The highest BCUT2D eigenvalue weighted by Gasteiger charge is 2.31. The van der Waals surface area contributed by atoms with E-state index in [0.29, 0.717) is 17.7 Å². The zero-order valence-corrected chi connectivity index (χ0v) is 9.47. The molecule has 0 bridgehead atoms. The zero-order valence-electron chi connectivity index (χ0n) is 8.66. The molecule has 0 aromatic rings. The Morgan fingerprint density at radius 1 is 1.38 bits per heavy atom. The maximum atomic E-state index is 11.3. The summed E-state index contributed by atoms with van der Waals surface area (Å²) in [4.78, 5) is 2.30. The minimum absolute atomic E-state index is 0.283. The van der Waals surface area contributed by atoms with Crippen molar-refractivity contribution in [3.05, 3.63) is 0 Å². The third kappa shape index (κ3) is 2.95. The number of likely N-dealkylation sites (tertiary alicyclic amines) is 1. The summed E-state index contributed by atoms with van der Waals surface area (Å²) in [5.41, 5.74) is 0. The Balaban J connectivity index is 2.30. The van der Waals surface area contributed by atoms with Crippen molar-refractivity contribution in [1.29, 1.82) is 0 Å². The van der Waals surface area contributed by atoms with Gasteiger partial charge in [-0.3, -0.25) is 0 Å². The third-order valence-electron chi connectivity index (χ3n) is 2.65. The Kier molecular flexibility index (Phi) is 3.35. The molecule has 4 heteroatoms. The van der Waals surface area contributed by atoms with Gasteiger partial charge in [-0.05, 0) is 19.8 Å². The van der Waals surface area contributed by atoms with E-state index in [0.717, 1.165) is 13.1 Å². The molecule has 1 fully saturated rings. The van der Waals surface area contributed by atoms with E-state index < -0.39 is 9.84 Å². The van der Waals surface area contributed by atoms with Gasteiger partial charge in [-0.15, -0.1) is 0 Å². The highest BCUT2D eigenvalue weighted by atomic mass is 32.2. The van der Waals surface area contributed by atoms with E-state index in [1.54, 1.807) is 6.92 Å². The van der Waals surface area contributed by atoms with Crippen LogP contribution in [0.15, 0.2) is 0 Å². The van der Waals surface area contributed by atoms with E-state index in [9.17, 15) is 8.42 Å². The molecule has 0 amide bonds. The number of sulfone groups is 1. The Morgan fingerprint density at radius 2 is 1.92 bits per heavy atom. The van der Waals surface area contributed by atoms with Crippen LogP contribution in [-0.4, -0.2) is 44.0 Å². The van der Waals surface area contributed by atoms with E-state index >= 15 is 0 Å². The Morgan fingerprint density at radius 3 is 2.31 bits per heavy atom. The van der Waals surface area contributed by atoms with Crippen LogP contribution in [0.4, 0.5) is 0 Å². The van der Waals surface area contributed by atoms with E-state index in [1.807, 2.05) is 0 Å². The van der Waals surface area contributed by atoms with E-state index in [-0.39, 0.29) is 5.75 Å². The molecule has 1 rings (SSSR count). The molecule has 0 aliphatic carbocycles. The Labute approximate surface area is 81.0 Å². The molecule has 1 aliphatic heterocycles. The molecule has 3 nitrogen and oxygen atoms in total. The predicted octanol–water partition coefficient (Wildman–Crippen LogP) is 0.761. The maximum absolute atomic E-state index is 11.3. The summed E-state index contributed by atoms with van der Waals surface area (Å²) >= 11 is 0. The first-order chi connectivity index (χ1) is 5.94. The standard InChI is InChI=1S/C9H19NO2S/c1-4-13(11,12)7-9-5-10(6-9)8(2)3/h8-9H,4-7H2,1-3H3. The second kappa shape index (κ2) is 3.96. The predicted molar refractivity (Wildman–Crippen MR) is 54.5 cm³/mol. The summed E-state index contributed by atoms with van der Waals surface area (Å²) in [5.74, 6) is 1.05. The van der Waals surface area contributed by atoms with Crippen molar-refractivity contribution in [2.45, 2.75) is 26.8 Å². The van der Waals surface area contributed by atoms with Gasteiger partial charge in [0.25, 0.3) is 0 Å².